The van der Waals surface area contributed by atoms with Gasteiger partial charge in [-0.15, -0.1) is 0 Å². The van der Waals surface area contributed by atoms with E-state index < -0.39 is 24.1 Å². The van der Waals surface area contributed by atoms with Gasteiger partial charge in [-0.25, -0.2) is 9.97 Å². The van der Waals surface area contributed by atoms with Crippen LogP contribution in [0, 0.1) is 5.92 Å². The summed E-state index contributed by atoms with van der Waals surface area (Å²) in [4.78, 5) is 33.4. The van der Waals surface area contributed by atoms with E-state index >= 15 is 0 Å². The second-order valence-corrected chi connectivity index (χ2v) is 9.77. The number of aromatic nitrogens is 2. The molecule has 0 bridgehead atoms. The average Bonchev–Trinajstić information content (AvgIpc) is 2.89. The Morgan fingerprint density at radius 2 is 1.67 bits per heavy atom. The van der Waals surface area contributed by atoms with Crippen LogP contribution >= 0.6 is 11.6 Å². The Morgan fingerprint density at radius 1 is 0.974 bits per heavy atom. The minimum Gasteiger partial charge on any atom is -0.481 e. The number of aliphatic carboxylic acids is 1. The summed E-state index contributed by atoms with van der Waals surface area (Å²) in [5, 5.41) is 11.7. The summed E-state index contributed by atoms with van der Waals surface area (Å²) in [6.07, 6.45) is -3.75. The van der Waals surface area contributed by atoms with Crippen LogP contribution in [0.15, 0.2) is 72.8 Å². The fourth-order valence-electron chi connectivity index (χ4n) is 4.24. The average molecular weight is 556 g/mol. The van der Waals surface area contributed by atoms with E-state index in [1.165, 1.54) is 36.4 Å². The zero-order valence-corrected chi connectivity index (χ0v) is 21.6. The number of amides is 1. The predicted octanol–water partition coefficient (Wildman–Crippen LogP) is 7.03. The third-order valence-corrected chi connectivity index (χ3v) is 6.50. The van der Waals surface area contributed by atoms with E-state index in [0.29, 0.717) is 40.3 Å². The van der Waals surface area contributed by atoms with Crippen LogP contribution in [0.5, 0.6) is 0 Å². The number of fused-ring (bicyclic) bond motifs is 1. The summed E-state index contributed by atoms with van der Waals surface area (Å²) in [6.45, 7) is 1.83. The highest BCUT2D eigenvalue weighted by Gasteiger charge is 2.42. The van der Waals surface area contributed by atoms with Crippen molar-refractivity contribution in [2.24, 2.45) is 5.92 Å². The fourth-order valence-corrected chi connectivity index (χ4v) is 4.37. The summed E-state index contributed by atoms with van der Waals surface area (Å²) in [5.41, 5.74) is 2.64. The minimum atomic E-state index is -4.69. The molecule has 0 aliphatic heterocycles. The van der Waals surface area contributed by atoms with E-state index in [1.807, 2.05) is 6.92 Å². The molecular weight excluding hydrogens is 531 g/mol. The molecule has 10 heteroatoms. The number of carboxylic acid groups (broad SMARTS) is 1. The van der Waals surface area contributed by atoms with Gasteiger partial charge in [-0.2, -0.15) is 13.2 Å². The summed E-state index contributed by atoms with van der Waals surface area (Å²) < 4.78 is 41.3. The van der Waals surface area contributed by atoms with Gasteiger partial charge >= 0.3 is 12.1 Å². The first-order valence-electron chi connectivity index (χ1n) is 12.2. The molecule has 4 rings (SSSR count). The first-order valence-corrected chi connectivity index (χ1v) is 12.6. The van der Waals surface area contributed by atoms with Crippen LogP contribution in [0.1, 0.15) is 47.4 Å². The second-order valence-electron chi connectivity index (χ2n) is 9.33. The molecule has 6 nitrogen and oxygen atoms in total. The predicted molar refractivity (Wildman–Crippen MR) is 142 cm³/mol. The van der Waals surface area contributed by atoms with Gasteiger partial charge in [0.15, 0.2) is 6.04 Å². The van der Waals surface area contributed by atoms with E-state index in [9.17, 15) is 22.8 Å². The molecule has 4 aromatic rings. The fraction of sp³-hybridized carbons (Fsp3) is 0.241. The molecule has 2 N–H and O–H groups in total. The van der Waals surface area contributed by atoms with Crippen LogP contribution in [0.4, 0.5) is 13.2 Å². The van der Waals surface area contributed by atoms with Crippen LogP contribution in [-0.2, 0) is 11.2 Å². The Labute approximate surface area is 227 Å². The number of nitrogens with one attached hydrogen (secondary N) is 1. The number of alkyl halides is 3. The maximum atomic E-state index is 13.8. The van der Waals surface area contributed by atoms with Crippen LogP contribution in [0.2, 0.25) is 5.02 Å². The Hall–Kier alpha value is -3.98. The zero-order chi connectivity index (χ0) is 28.2. The normalized spacial score (nSPS) is 13.2. The first kappa shape index (κ1) is 28.0. The van der Waals surface area contributed by atoms with Gasteiger partial charge in [0.2, 0.25) is 0 Å². The molecule has 2 atom stereocenters. The number of hydrogen-bond donors (Lipinski definition) is 2. The van der Waals surface area contributed by atoms with E-state index in [4.69, 9.17) is 26.7 Å². The van der Waals surface area contributed by atoms with E-state index in [-0.39, 0.29) is 23.5 Å². The third kappa shape index (κ3) is 7.11. The van der Waals surface area contributed by atoms with Crippen molar-refractivity contribution in [3.63, 3.8) is 0 Å². The Kier molecular flexibility index (Phi) is 8.50. The first-order chi connectivity index (χ1) is 18.5. The Bertz CT molecular complexity index is 1480. The lowest BCUT2D eigenvalue weighted by Gasteiger charge is -2.22. The zero-order valence-electron chi connectivity index (χ0n) is 20.9. The van der Waals surface area contributed by atoms with Gasteiger partial charge in [0.1, 0.15) is 0 Å². The molecule has 0 aliphatic carbocycles. The third-order valence-electron chi connectivity index (χ3n) is 6.25. The number of carboxylic acids is 1. The molecule has 0 radical (unpaired) electrons. The number of benzene rings is 3. The van der Waals surface area contributed by atoms with Crippen molar-refractivity contribution in [2.45, 2.75) is 38.4 Å². The number of hydrogen-bond acceptors (Lipinski definition) is 4. The van der Waals surface area contributed by atoms with Gasteiger partial charge < -0.3 is 10.4 Å². The van der Waals surface area contributed by atoms with Crippen LogP contribution in [0.25, 0.3) is 22.3 Å². The number of halogens is 4. The number of carbonyl (C=O) groups excluding carboxylic acids is 1. The van der Waals surface area contributed by atoms with E-state index in [1.54, 1.807) is 36.4 Å². The number of aryl methyl sites for hydroxylation is 1. The van der Waals surface area contributed by atoms with Crippen molar-refractivity contribution in [1.82, 2.24) is 15.3 Å². The molecule has 1 amide bonds. The lowest BCUT2D eigenvalue weighted by Crippen LogP contribution is -2.38. The number of rotatable bonds is 9. The molecule has 0 spiro atoms. The van der Waals surface area contributed by atoms with Crippen LogP contribution in [0.3, 0.4) is 0 Å². The number of carbonyl (C=O) groups is 2. The van der Waals surface area contributed by atoms with Gasteiger partial charge in [0, 0.05) is 22.6 Å². The molecule has 0 aliphatic rings. The topological polar surface area (TPSA) is 92.2 Å². The van der Waals surface area contributed by atoms with Gasteiger partial charge in [0.25, 0.3) is 5.91 Å². The Morgan fingerprint density at radius 3 is 2.31 bits per heavy atom. The Balaban J connectivity index is 1.68. The summed E-state index contributed by atoms with van der Waals surface area (Å²) in [7, 11) is 0. The summed E-state index contributed by atoms with van der Waals surface area (Å²) in [5.74, 6) is -1.91. The molecule has 39 heavy (non-hydrogen) atoms. The van der Waals surface area contributed by atoms with Crippen molar-refractivity contribution >= 4 is 34.5 Å². The molecule has 3 aromatic carbocycles. The SMILES string of the molecule is CC(CCc1nc2cc(C(=O)N[C@H](c3ccccc3)C(F)(F)F)ccc2nc1-c1ccc(Cl)cc1)CC(=O)O. The van der Waals surface area contributed by atoms with Crippen molar-refractivity contribution < 1.29 is 27.9 Å². The molecule has 1 unspecified atom stereocenters. The summed E-state index contributed by atoms with van der Waals surface area (Å²) >= 11 is 6.04. The van der Waals surface area contributed by atoms with Crippen molar-refractivity contribution in [3.8, 4) is 11.3 Å². The van der Waals surface area contributed by atoms with Gasteiger partial charge in [0.05, 0.1) is 22.4 Å². The standard InChI is InChI=1S/C29H25ClF3N3O3/c1-17(15-25(37)38)7-13-23-26(18-8-11-21(30)12-9-18)35-22-14-10-20(16-24(22)34-23)28(39)36-27(29(31,32)33)19-5-3-2-4-6-19/h2-6,8-12,14,16-17,27H,7,13,15H2,1H3,(H,36,39)(H,37,38)/t17?,27-/m1/s1. The van der Waals surface area contributed by atoms with Gasteiger partial charge in [-0.05, 0) is 54.7 Å². The van der Waals surface area contributed by atoms with Gasteiger partial charge in [-0.3, -0.25) is 9.59 Å². The number of nitrogens with zero attached hydrogens (tertiary/aromatic N) is 2. The highest BCUT2D eigenvalue weighted by molar-refractivity contribution is 6.30. The molecule has 0 saturated carbocycles. The minimum absolute atomic E-state index is 0.00337. The second kappa shape index (κ2) is 11.8. The molecule has 1 heterocycles. The van der Waals surface area contributed by atoms with Crippen molar-refractivity contribution in [3.05, 3.63) is 94.6 Å². The molecule has 0 saturated heterocycles. The monoisotopic (exact) mass is 555 g/mol. The van der Waals surface area contributed by atoms with E-state index in [0.717, 1.165) is 5.56 Å². The molecule has 0 fully saturated rings. The largest absolute Gasteiger partial charge is 0.481 e. The lowest BCUT2D eigenvalue weighted by atomic mass is 9.98. The smallest absolute Gasteiger partial charge is 0.412 e. The van der Waals surface area contributed by atoms with Crippen LogP contribution < -0.4 is 5.32 Å². The maximum absolute atomic E-state index is 13.8. The lowest BCUT2D eigenvalue weighted by molar-refractivity contribution is -0.155. The highest BCUT2D eigenvalue weighted by Crippen LogP contribution is 2.33. The summed E-state index contributed by atoms with van der Waals surface area (Å²) in [6, 6.07) is 16.4. The maximum Gasteiger partial charge on any atom is 0.412 e. The van der Waals surface area contributed by atoms with Crippen LogP contribution in [-0.4, -0.2) is 33.1 Å². The molecule has 202 valence electrons. The molecular formula is C29H25ClF3N3O3. The molecule has 1 aromatic heterocycles. The highest BCUT2D eigenvalue weighted by atomic mass is 35.5. The quantitative estimate of drug-likeness (QED) is 0.231. The van der Waals surface area contributed by atoms with Crippen molar-refractivity contribution in [2.75, 3.05) is 0 Å². The van der Waals surface area contributed by atoms with Crippen molar-refractivity contribution in [1.29, 1.82) is 0 Å². The van der Waals surface area contributed by atoms with E-state index in [2.05, 4.69) is 5.32 Å². The van der Waals surface area contributed by atoms with Gasteiger partial charge in [-0.1, -0.05) is 61.0 Å².